The second kappa shape index (κ2) is 22.8. The highest BCUT2D eigenvalue weighted by Crippen LogP contribution is 2.16. The molecule has 1 rings (SSSR count). The van der Waals surface area contributed by atoms with Gasteiger partial charge in [-0.05, 0) is 52.9 Å². The molecule has 1 fully saturated rings. The molecular formula is C20H46O4. The Labute approximate surface area is 151 Å². The molecule has 1 unspecified atom stereocenters. The summed E-state index contributed by atoms with van der Waals surface area (Å²) in [4.78, 5) is 0. The molecule has 0 amide bonds. The maximum atomic E-state index is 8.91. The Bertz CT molecular complexity index is 186. The van der Waals surface area contributed by atoms with Crippen molar-refractivity contribution in [1.29, 1.82) is 0 Å². The van der Waals surface area contributed by atoms with Gasteiger partial charge in [-0.25, -0.2) is 0 Å². The van der Waals surface area contributed by atoms with Crippen molar-refractivity contribution in [2.24, 2.45) is 5.92 Å². The molecule has 0 heterocycles. The topological polar surface area (TPSA) is 80.9 Å². The molecule has 1 aliphatic carbocycles. The Balaban J connectivity index is -0.000000261. The van der Waals surface area contributed by atoms with E-state index in [9.17, 15) is 0 Å². The van der Waals surface area contributed by atoms with Crippen molar-refractivity contribution >= 4 is 0 Å². The Kier molecular flexibility index (Phi) is 27.3. The molecular weight excluding hydrogens is 304 g/mol. The third-order valence-corrected chi connectivity index (χ3v) is 3.38. The monoisotopic (exact) mass is 350 g/mol. The molecule has 150 valence electrons. The van der Waals surface area contributed by atoms with Crippen LogP contribution in [0, 0.1) is 5.92 Å². The first-order chi connectivity index (χ1) is 11.2. The van der Waals surface area contributed by atoms with Crippen LogP contribution in [-0.4, -0.2) is 45.3 Å². The Morgan fingerprint density at radius 2 is 1.29 bits per heavy atom. The van der Waals surface area contributed by atoms with Crippen LogP contribution < -0.4 is 0 Å². The zero-order valence-corrected chi connectivity index (χ0v) is 17.2. The van der Waals surface area contributed by atoms with Crippen LogP contribution in [0.2, 0.25) is 0 Å². The minimum Gasteiger partial charge on any atom is -0.396 e. The SMILES string of the molecule is CC(C)O.CC(C)O.CCCCC(CC)CO.OC1CCCCC1. The van der Waals surface area contributed by atoms with Crippen LogP contribution in [0.15, 0.2) is 0 Å². The molecule has 1 atom stereocenters. The predicted molar refractivity (Wildman–Crippen MR) is 104 cm³/mol. The smallest absolute Gasteiger partial charge is 0.0540 e. The van der Waals surface area contributed by atoms with E-state index in [0.717, 1.165) is 19.3 Å². The van der Waals surface area contributed by atoms with Crippen molar-refractivity contribution in [2.75, 3.05) is 6.61 Å². The van der Waals surface area contributed by atoms with E-state index in [1.54, 1.807) is 27.7 Å². The number of unbranched alkanes of at least 4 members (excludes halogenated alkanes) is 1. The second-order valence-electron chi connectivity index (χ2n) is 7.08. The molecule has 0 bridgehead atoms. The van der Waals surface area contributed by atoms with Crippen LogP contribution in [0.25, 0.3) is 0 Å². The van der Waals surface area contributed by atoms with Gasteiger partial charge in [0.05, 0.1) is 6.10 Å². The summed E-state index contributed by atoms with van der Waals surface area (Å²) in [6, 6.07) is 0. The maximum absolute atomic E-state index is 8.91. The molecule has 0 aromatic carbocycles. The largest absolute Gasteiger partial charge is 0.396 e. The van der Waals surface area contributed by atoms with E-state index >= 15 is 0 Å². The maximum Gasteiger partial charge on any atom is 0.0540 e. The fourth-order valence-electron chi connectivity index (χ4n) is 2.00. The van der Waals surface area contributed by atoms with Gasteiger partial charge in [0.2, 0.25) is 0 Å². The molecule has 1 saturated carbocycles. The van der Waals surface area contributed by atoms with Crippen LogP contribution in [0.5, 0.6) is 0 Å². The summed E-state index contributed by atoms with van der Waals surface area (Å²) >= 11 is 0. The van der Waals surface area contributed by atoms with Crippen molar-refractivity contribution in [3.63, 3.8) is 0 Å². The molecule has 24 heavy (non-hydrogen) atoms. The zero-order chi connectivity index (χ0) is 19.4. The molecule has 0 radical (unpaired) electrons. The molecule has 0 aromatic heterocycles. The molecule has 4 N–H and O–H groups in total. The molecule has 4 nitrogen and oxygen atoms in total. The van der Waals surface area contributed by atoms with E-state index in [2.05, 4.69) is 13.8 Å². The summed E-state index contributed by atoms with van der Waals surface area (Å²) in [5.74, 6) is 0.560. The van der Waals surface area contributed by atoms with Gasteiger partial charge in [0.25, 0.3) is 0 Å². The van der Waals surface area contributed by atoms with Gasteiger partial charge < -0.3 is 20.4 Å². The minimum absolute atomic E-state index is 0.0359. The van der Waals surface area contributed by atoms with Crippen LogP contribution in [0.3, 0.4) is 0 Å². The normalized spacial score (nSPS) is 15.5. The van der Waals surface area contributed by atoms with Crippen molar-refractivity contribution in [2.45, 2.75) is 118 Å². The number of hydrogen-bond acceptors (Lipinski definition) is 4. The van der Waals surface area contributed by atoms with E-state index in [1.165, 1.54) is 38.5 Å². The lowest BCUT2D eigenvalue weighted by molar-refractivity contribution is 0.130. The lowest BCUT2D eigenvalue weighted by atomic mass is 9.98. The average molecular weight is 351 g/mol. The molecule has 4 heteroatoms. The molecule has 0 spiro atoms. The van der Waals surface area contributed by atoms with Gasteiger partial charge in [0.15, 0.2) is 0 Å². The third-order valence-electron chi connectivity index (χ3n) is 3.38. The number of rotatable bonds is 5. The van der Waals surface area contributed by atoms with Crippen LogP contribution >= 0.6 is 0 Å². The quantitative estimate of drug-likeness (QED) is 0.596. The van der Waals surface area contributed by atoms with Crippen molar-refractivity contribution in [3.8, 4) is 0 Å². The summed E-state index contributed by atoms with van der Waals surface area (Å²) < 4.78 is 0. The van der Waals surface area contributed by atoms with Gasteiger partial charge in [0, 0.05) is 18.8 Å². The summed E-state index contributed by atoms with van der Waals surface area (Å²) in [5, 5.41) is 33.8. The highest BCUT2D eigenvalue weighted by atomic mass is 16.3. The highest BCUT2D eigenvalue weighted by molar-refractivity contribution is 4.61. The Morgan fingerprint density at radius 3 is 1.50 bits per heavy atom. The zero-order valence-electron chi connectivity index (χ0n) is 17.2. The first-order valence-corrected chi connectivity index (χ1v) is 9.86. The van der Waals surface area contributed by atoms with E-state index in [0.29, 0.717) is 12.5 Å². The lowest BCUT2D eigenvalue weighted by Crippen LogP contribution is -2.09. The lowest BCUT2D eigenvalue weighted by Gasteiger charge is -2.14. The van der Waals surface area contributed by atoms with Crippen LogP contribution in [0.1, 0.15) is 99.3 Å². The standard InChI is InChI=1S/C8H18O.C6H12O.2C3H8O/c1-3-5-6-8(4-2)7-9;7-6-4-2-1-3-5-6;2*1-3(2)4/h8-9H,3-7H2,1-2H3;6-7H,1-5H2;2*3-4H,1-2H3. The first-order valence-electron chi connectivity index (χ1n) is 9.86. The second-order valence-corrected chi connectivity index (χ2v) is 7.08. The minimum atomic E-state index is -0.167. The van der Waals surface area contributed by atoms with Crippen LogP contribution in [-0.2, 0) is 0 Å². The fourth-order valence-corrected chi connectivity index (χ4v) is 2.00. The highest BCUT2D eigenvalue weighted by Gasteiger charge is 2.07. The Morgan fingerprint density at radius 1 is 0.875 bits per heavy atom. The molecule has 0 aromatic rings. The van der Waals surface area contributed by atoms with Crippen LogP contribution in [0.4, 0.5) is 0 Å². The van der Waals surface area contributed by atoms with Crippen molar-refractivity contribution < 1.29 is 20.4 Å². The molecule has 0 aliphatic heterocycles. The van der Waals surface area contributed by atoms with Gasteiger partial charge in [-0.3, -0.25) is 0 Å². The fraction of sp³-hybridized carbons (Fsp3) is 1.00. The van der Waals surface area contributed by atoms with E-state index in [1.807, 2.05) is 0 Å². The Hall–Kier alpha value is -0.160. The van der Waals surface area contributed by atoms with E-state index in [4.69, 9.17) is 20.4 Å². The molecule has 1 aliphatic rings. The number of aliphatic hydroxyl groups excluding tert-OH is 4. The number of aliphatic hydroxyl groups is 4. The summed E-state index contributed by atoms with van der Waals surface area (Å²) in [6.07, 6.45) is 10.4. The van der Waals surface area contributed by atoms with Gasteiger partial charge >= 0.3 is 0 Å². The van der Waals surface area contributed by atoms with Gasteiger partial charge in [-0.2, -0.15) is 0 Å². The third kappa shape index (κ3) is 37.8. The predicted octanol–water partition coefficient (Wildman–Crippen LogP) is 4.28. The van der Waals surface area contributed by atoms with Gasteiger partial charge in [-0.15, -0.1) is 0 Å². The first kappa shape index (κ1) is 28.6. The summed E-state index contributed by atoms with van der Waals surface area (Å²) in [6.45, 7) is 11.6. The van der Waals surface area contributed by atoms with Crippen molar-refractivity contribution in [3.05, 3.63) is 0 Å². The van der Waals surface area contributed by atoms with E-state index in [-0.39, 0.29) is 18.3 Å². The summed E-state index contributed by atoms with van der Waals surface area (Å²) in [7, 11) is 0. The van der Waals surface area contributed by atoms with E-state index < -0.39 is 0 Å². The summed E-state index contributed by atoms with van der Waals surface area (Å²) in [5.41, 5.74) is 0. The van der Waals surface area contributed by atoms with Gasteiger partial charge in [-0.1, -0.05) is 52.4 Å². The number of hydrogen-bond donors (Lipinski definition) is 4. The average Bonchev–Trinajstić information content (AvgIpc) is 2.49. The van der Waals surface area contributed by atoms with Gasteiger partial charge in [0.1, 0.15) is 0 Å². The molecule has 0 saturated heterocycles. The van der Waals surface area contributed by atoms with Crippen molar-refractivity contribution in [1.82, 2.24) is 0 Å².